The molecule has 1 aromatic rings. The molecule has 0 fully saturated rings. The number of sulfonamides is 1. The van der Waals surface area contributed by atoms with Crippen molar-refractivity contribution < 1.29 is 13.2 Å². The van der Waals surface area contributed by atoms with Crippen molar-refractivity contribution in [2.45, 2.75) is 18.7 Å². The van der Waals surface area contributed by atoms with Crippen molar-refractivity contribution in [2.24, 2.45) is 5.92 Å². The molecule has 4 N–H and O–H groups in total. The van der Waals surface area contributed by atoms with Crippen LogP contribution in [0.4, 0.5) is 11.4 Å². The third-order valence-electron chi connectivity index (χ3n) is 2.62. The molecule has 0 aliphatic heterocycles. The maximum absolute atomic E-state index is 11.6. The average molecular weight is 301 g/mol. The Morgan fingerprint density at radius 2 is 2.05 bits per heavy atom. The molecule has 0 amide bonds. The number of hydrogen-bond acceptors (Lipinski definition) is 5. The second-order valence-electron chi connectivity index (χ2n) is 4.85. The summed E-state index contributed by atoms with van der Waals surface area (Å²) in [6, 6.07) is 4.60. The van der Waals surface area contributed by atoms with Gasteiger partial charge in [-0.25, -0.2) is 13.1 Å². The summed E-state index contributed by atoms with van der Waals surface area (Å²) in [4.78, 5) is 0.152. The van der Waals surface area contributed by atoms with Crippen LogP contribution in [0.2, 0.25) is 0 Å². The molecule has 0 saturated carbocycles. The van der Waals surface area contributed by atoms with E-state index < -0.39 is 10.0 Å². The molecule has 0 aromatic heterocycles. The number of ether oxygens (including phenoxy) is 1. The molecule has 0 bridgehead atoms. The van der Waals surface area contributed by atoms with E-state index in [9.17, 15) is 8.42 Å². The lowest BCUT2D eigenvalue weighted by Gasteiger charge is -2.12. The summed E-state index contributed by atoms with van der Waals surface area (Å²) >= 11 is 0. The normalized spacial score (nSPS) is 11.8. The molecular weight excluding hydrogens is 278 g/mol. The first kappa shape index (κ1) is 16.7. The van der Waals surface area contributed by atoms with Crippen molar-refractivity contribution in [3.05, 3.63) is 18.2 Å². The van der Waals surface area contributed by atoms with Crippen molar-refractivity contribution >= 4 is 21.4 Å². The summed E-state index contributed by atoms with van der Waals surface area (Å²) in [6.07, 6.45) is 0. The highest BCUT2D eigenvalue weighted by Gasteiger charge is 2.12. The topological polar surface area (TPSA) is 93.5 Å². The van der Waals surface area contributed by atoms with Crippen molar-refractivity contribution in [1.82, 2.24) is 4.72 Å². The van der Waals surface area contributed by atoms with Gasteiger partial charge in [0.25, 0.3) is 0 Å². The second kappa shape index (κ2) is 7.47. The predicted molar refractivity (Wildman–Crippen MR) is 81.2 cm³/mol. The zero-order valence-corrected chi connectivity index (χ0v) is 13.0. The van der Waals surface area contributed by atoms with Crippen molar-refractivity contribution in [3.63, 3.8) is 0 Å². The van der Waals surface area contributed by atoms with Crippen LogP contribution in [0.3, 0.4) is 0 Å². The summed E-state index contributed by atoms with van der Waals surface area (Å²) < 4.78 is 30.9. The van der Waals surface area contributed by atoms with E-state index in [0.29, 0.717) is 30.4 Å². The van der Waals surface area contributed by atoms with Crippen molar-refractivity contribution in [3.8, 4) is 0 Å². The smallest absolute Gasteiger partial charge is 0.240 e. The van der Waals surface area contributed by atoms with Crippen LogP contribution >= 0.6 is 0 Å². The van der Waals surface area contributed by atoms with Gasteiger partial charge in [-0.3, -0.25) is 0 Å². The number of rotatable bonds is 8. The van der Waals surface area contributed by atoms with Gasteiger partial charge in [-0.05, 0) is 31.2 Å². The summed E-state index contributed by atoms with van der Waals surface area (Å²) in [5, 5.41) is 3.12. The van der Waals surface area contributed by atoms with Gasteiger partial charge < -0.3 is 15.8 Å². The van der Waals surface area contributed by atoms with Crippen LogP contribution in [-0.4, -0.2) is 35.2 Å². The fraction of sp³-hybridized carbons (Fsp3) is 0.538. The van der Waals surface area contributed by atoms with Crippen LogP contribution in [-0.2, 0) is 14.8 Å². The number of nitrogens with two attached hydrogens (primary N) is 1. The number of hydrogen-bond donors (Lipinski definition) is 3. The Morgan fingerprint density at radius 1 is 1.35 bits per heavy atom. The van der Waals surface area contributed by atoms with E-state index >= 15 is 0 Å². The number of nitrogen functional groups attached to an aromatic ring is 1. The van der Waals surface area contributed by atoms with Gasteiger partial charge in [0.2, 0.25) is 10.0 Å². The molecule has 1 aromatic carbocycles. The Kier molecular flexibility index (Phi) is 6.25. The van der Waals surface area contributed by atoms with E-state index in [1.165, 1.54) is 19.2 Å². The number of nitrogens with one attached hydrogen (secondary N) is 2. The number of anilines is 2. The maximum atomic E-state index is 11.6. The minimum Gasteiger partial charge on any atom is -0.397 e. The molecule has 0 radical (unpaired) electrons. The minimum absolute atomic E-state index is 0.152. The number of benzene rings is 1. The molecule has 0 aliphatic rings. The molecule has 6 nitrogen and oxygen atoms in total. The standard InChI is InChI=1S/C13H23N3O3S/c1-10(2)9-19-7-6-16-13-5-4-11(8-12(13)14)20(17,18)15-3/h4-5,8,10,15-16H,6-7,9,14H2,1-3H3. The van der Waals surface area contributed by atoms with Crippen LogP contribution in [0.15, 0.2) is 23.1 Å². The molecule has 114 valence electrons. The molecular formula is C13H23N3O3S. The van der Waals surface area contributed by atoms with E-state index in [1.807, 2.05) is 0 Å². The fourth-order valence-electron chi connectivity index (χ4n) is 1.56. The van der Waals surface area contributed by atoms with Gasteiger partial charge in [0.15, 0.2) is 0 Å². The summed E-state index contributed by atoms with van der Waals surface area (Å²) in [6.45, 7) is 6.10. The Morgan fingerprint density at radius 3 is 2.60 bits per heavy atom. The summed E-state index contributed by atoms with van der Waals surface area (Å²) in [5.41, 5.74) is 6.94. The molecule has 0 spiro atoms. The van der Waals surface area contributed by atoms with Crippen molar-refractivity contribution in [1.29, 1.82) is 0 Å². The summed E-state index contributed by atoms with van der Waals surface area (Å²) in [7, 11) is -2.09. The summed E-state index contributed by atoms with van der Waals surface area (Å²) in [5.74, 6) is 0.506. The van der Waals surface area contributed by atoms with Gasteiger partial charge >= 0.3 is 0 Å². The molecule has 0 aliphatic carbocycles. The predicted octanol–water partition coefficient (Wildman–Crippen LogP) is 1.26. The minimum atomic E-state index is -3.46. The van der Waals surface area contributed by atoms with Gasteiger partial charge in [0.05, 0.1) is 22.9 Å². The van der Waals surface area contributed by atoms with E-state index in [-0.39, 0.29) is 4.90 Å². The first-order valence-electron chi connectivity index (χ1n) is 6.51. The van der Waals surface area contributed by atoms with E-state index in [4.69, 9.17) is 10.5 Å². The van der Waals surface area contributed by atoms with Gasteiger partial charge in [-0.15, -0.1) is 0 Å². The quantitative estimate of drug-likeness (QED) is 0.496. The lowest BCUT2D eigenvalue weighted by Crippen LogP contribution is -2.19. The second-order valence-corrected chi connectivity index (χ2v) is 6.74. The third kappa shape index (κ3) is 4.99. The molecule has 0 atom stereocenters. The molecule has 7 heteroatoms. The lowest BCUT2D eigenvalue weighted by atomic mass is 10.2. The molecule has 0 unspecified atom stereocenters. The molecule has 0 heterocycles. The first-order chi connectivity index (χ1) is 9.36. The lowest BCUT2D eigenvalue weighted by molar-refractivity contribution is 0.118. The fourth-order valence-corrected chi connectivity index (χ4v) is 2.33. The Labute approximate surface area is 120 Å². The van der Waals surface area contributed by atoms with Gasteiger partial charge in [-0.2, -0.15) is 0 Å². The van der Waals surface area contributed by atoms with Crippen molar-refractivity contribution in [2.75, 3.05) is 37.9 Å². The van der Waals surface area contributed by atoms with E-state index in [0.717, 1.165) is 6.61 Å². The van der Waals surface area contributed by atoms with Gasteiger partial charge in [0, 0.05) is 13.2 Å². The van der Waals surface area contributed by atoms with E-state index in [1.54, 1.807) is 6.07 Å². The van der Waals surface area contributed by atoms with Crippen LogP contribution in [0.1, 0.15) is 13.8 Å². The van der Waals surface area contributed by atoms with Gasteiger partial charge in [-0.1, -0.05) is 13.8 Å². The highest BCUT2D eigenvalue weighted by atomic mass is 32.2. The monoisotopic (exact) mass is 301 g/mol. The SMILES string of the molecule is CNS(=O)(=O)c1ccc(NCCOCC(C)C)c(N)c1. The van der Waals surface area contributed by atoms with Gasteiger partial charge in [0.1, 0.15) is 0 Å². The Hall–Kier alpha value is -1.31. The maximum Gasteiger partial charge on any atom is 0.240 e. The van der Waals surface area contributed by atoms with Crippen LogP contribution < -0.4 is 15.8 Å². The van der Waals surface area contributed by atoms with E-state index in [2.05, 4.69) is 23.9 Å². The van der Waals surface area contributed by atoms with Crippen LogP contribution in [0.5, 0.6) is 0 Å². The first-order valence-corrected chi connectivity index (χ1v) is 8.00. The Bertz CT molecular complexity index is 530. The Balaban J connectivity index is 2.57. The van der Waals surface area contributed by atoms with Crippen LogP contribution in [0, 0.1) is 5.92 Å². The zero-order valence-electron chi connectivity index (χ0n) is 12.1. The average Bonchev–Trinajstić information content (AvgIpc) is 2.39. The van der Waals surface area contributed by atoms with Crippen LogP contribution in [0.25, 0.3) is 0 Å². The molecule has 1 rings (SSSR count). The highest BCUT2D eigenvalue weighted by molar-refractivity contribution is 7.89. The largest absolute Gasteiger partial charge is 0.397 e. The molecule has 20 heavy (non-hydrogen) atoms. The zero-order chi connectivity index (χ0) is 15.2. The third-order valence-corrected chi connectivity index (χ3v) is 4.03. The molecule has 0 saturated heterocycles. The highest BCUT2D eigenvalue weighted by Crippen LogP contribution is 2.22.